The summed E-state index contributed by atoms with van der Waals surface area (Å²) in [6.07, 6.45) is 3.26. The van der Waals surface area contributed by atoms with Crippen LogP contribution < -0.4 is 10.2 Å². The van der Waals surface area contributed by atoms with Crippen molar-refractivity contribution in [1.82, 2.24) is 24.4 Å². The summed E-state index contributed by atoms with van der Waals surface area (Å²) in [7, 11) is 2.14. The molecule has 1 fully saturated rings. The van der Waals surface area contributed by atoms with Crippen LogP contribution in [0.4, 0.5) is 15.8 Å². The summed E-state index contributed by atoms with van der Waals surface area (Å²) in [5.41, 5.74) is 4.40. The van der Waals surface area contributed by atoms with Crippen molar-refractivity contribution in [1.29, 1.82) is 0 Å². The van der Waals surface area contributed by atoms with Crippen LogP contribution in [0.2, 0.25) is 0 Å². The molecule has 0 atom stereocenters. The topological polar surface area (TPSA) is 119 Å². The van der Waals surface area contributed by atoms with Crippen molar-refractivity contribution in [2.45, 2.75) is 26.8 Å². The number of carbonyl (C=O) groups is 2. The Hall–Kier alpha value is -4.51. The van der Waals surface area contributed by atoms with E-state index in [0.717, 1.165) is 50.0 Å². The maximum absolute atomic E-state index is 13.5. The number of hydrogen-bond acceptors (Lipinski definition) is 6. The van der Waals surface area contributed by atoms with E-state index in [-0.39, 0.29) is 17.8 Å². The van der Waals surface area contributed by atoms with E-state index in [2.05, 4.69) is 37.1 Å². The predicted octanol–water partition coefficient (Wildman–Crippen LogP) is 4.76. The van der Waals surface area contributed by atoms with Crippen LogP contribution in [0.5, 0.6) is 0 Å². The van der Waals surface area contributed by atoms with Crippen LogP contribution in [0.3, 0.4) is 0 Å². The first-order valence-corrected chi connectivity index (χ1v) is 13.0. The third kappa shape index (κ3) is 6.92. The molecule has 3 heterocycles. The highest BCUT2D eigenvalue weighted by molar-refractivity contribution is 6.03. The van der Waals surface area contributed by atoms with Gasteiger partial charge in [0.1, 0.15) is 17.2 Å². The number of nitrogens with one attached hydrogen (secondary N) is 2. The Labute approximate surface area is 232 Å². The van der Waals surface area contributed by atoms with E-state index in [9.17, 15) is 9.18 Å². The number of hydrogen-bond donors (Lipinski definition) is 3. The number of carboxylic acid groups (broad SMARTS) is 1. The molecule has 0 bridgehead atoms. The number of halogens is 1. The Morgan fingerprint density at radius 1 is 1.00 bits per heavy atom. The maximum Gasteiger partial charge on any atom is 0.300 e. The van der Waals surface area contributed by atoms with Gasteiger partial charge in [0.15, 0.2) is 5.82 Å². The molecule has 10 nitrogen and oxygen atoms in total. The summed E-state index contributed by atoms with van der Waals surface area (Å²) in [6, 6.07) is 14.2. The second-order valence-corrected chi connectivity index (χ2v) is 9.91. The van der Waals surface area contributed by atoms with Gasteiger partial charge in [-0.3, -0.25) is 9.59 Å². The number of nitrogens with zero attached hydrogens (tertiary/aromatic N) is 5. The molecule has 4 aromatic rings. The smallest absolute Gasteiger partial charge is 0.300 e. The van der Waals surface area contributed by atoms with E-state index in [1.807, 2.05) is 42.7 Å². The van der Waals surface area contributed by atoms with Crippen molar-refractivity contribution in [2.75, 3.05) is 43.4 Å². The first kappa shape index (κ1) is 28.5. The van der Waals surface area contributed by atoms with Crippen LogP contribution in [0.1, 0.15) is 37.3 Å². The Morgan fingerprint density at radius 2 is 1.62 bits per heavy atom. The fourth-order valence-corrected chi connectivity index (χ4v) is 4.38. The molecule has 0 aliphatic carbocycles. The molecular weight excluding hydrogens is 513 g/mol. The van der Waals surface area contributed by atoms with Crippen molar-refractivity contribution in [3.63, 3.8) is 0 Å². The molecule has 2 aromatic heterocycles. The number of imidazole rings is 2. The lowest BCUT2D eigenvalue weighted by Crippen LogP contribution is -2.44. The van der Waals surface area contributed by atoms with E-state index in [0.29, 0.717) is 22.9 Å². The normalized spacial score (nSPS) is 13.6. The molecule has 0 saturated carbocycles. The lowest BCUT2D eigenvalue weighted by atomic mass is 10.1. The summed E-state index contributed by atoms with van der Waals surface area (Å²) in [4.78, 5) is 38.8. The van der Waals surface area contributed by atoms with E-state index in [1.54, 1.807) is 18.5 Å². The third-order valence-electron chi connectivity index (χ3n) is 6.51. The molecule has 5 rings (SSSR count). The van der Waals surface area contributed by atoms with Gasteiger partial charge in [-0.1, -0.05) is 0 Å². The number of amides is 1. The van der Waals surface area contributed by atoms with E-state index in [1.165, 1.54) is 18.3 Å². The van der Waals surface area contributed by atoms with Gasteiger partial charge in [-0.2, -0.15) is 0 Å². The van der Waals surface area contributed by atoms with Gasteiger partial charge in [0, 0.05) is 56.1 Å². The number of piperazine rings is 1. The largest absolute Gasteiger partial charge is 0.481 e. The van der Waals surface area contributed by atoms with Gasteiger partial charge in [0.2, 0.25) is 0 Å². The molecule has 2 aromatic carbocycles. The number of likely N-dealkylation sites (N-methyl/N-ethyl adjacent to an activating group) is 1. The first-order valence-electron chi connectivity index (χ1n) is 13.0. The zero-order valence-corrected chi connectivity index (χ0v) is 23.1. The Kier molecular flexibility index (Phi) is 8.95. The van der Waals surface area contributed by atoms with Gasteiger partial charge in [0.05, 0.1) is 18.2 Å². The molecule has 1 aliphatic heterocycles. The Morgan fingerprint density at radius 3 is 2.23 bits per heavy atom. The molecule has 0 radical (unpaired) electrons. The number of H-pyrrole nitrogens is 1. The molecular formula is C29H34FN7O3. The van der Waals surface area contributed by atoms with Crippen molar-refractivity contribution >= 4 is 23.3 Å². The quantitative estimate of drug-likeness (QED) is 0.319. The molecule has 1 aliphatic rings. The number of aromatic nitrogens is 4. The minimum atomic E-state index is -0.833. The minimum Gasteiger partial charge on any atom is -0.481 e. The van der Waals surface area contributed by atoms with Crippen molar-refractivity contribution in [3.05, 3.63) is 72.6 Å². The molecule has 1 amide bonds. The first-order chi connectivity index (χ1) is 19.1. The van der Waals surface area contributed by atoms with Gasteiger partial charge < -0.3 is 29.8 Å². The monoisotopic (exact) mass is 547 g/mol. The fraction of sp³-hybridized carbons (Fsp3) is 0.310. The number of carbonyl (C=O) groups excluding carboxylic acids is 1. The van der Waals surface area contributed by atoms with Crippen LogP contribution in [0.15, 0.2) is 61.1 Å². The second-order valence-electron chi connectivity index (χ2n) is 9.91. The molecule has 11 heteroatoms. The second kappa shape index (κ2) is 12.6. The number of aromatic amines is 1. The predicted molar refractivity (Wildman–Crippen MR) is 153 cm³/mol. The summed E-state index contributed by atoms with van der Waals surface area (Å²) in [6.45, 7) is 9.24. The lowest BCUT2D eigenvalue weighted by molar-refractivity contribution is -0.134. The van der Waals surface area contributed by atoms with Gasteiger partial charge in [-0.15, -0.1) is 0 Å². The molecule has 0 spiro atoms. The van der Waals surface area contributed by atoms with Gasteiger partial charge >= 0.3 is 0 Å². The molecule has 1 saturated heterocycles. The van der Waals surface area contributed by atoms with E-state index in [4.69, 9.17) is 9.90 Å². The summed E-state index contributed by atoms with van der Waals surface area (Å²) < 4.78 is 15.5. The highest BCUT2D eigenvalue weighted by Gasteiger charge is 2.21. The highest BCUT2D eigenvalue weighted by Crippen LogP contribution is 2.32. The van der Waals surface area contributed by atoms with Crippen LogP contribution in [-0.2, 0) is 4.79 Å². The number of aliphatic carboxylic acids is 1. The van der Waals surface area contributed by atoms with Crippen molar-refractivity contribution in [2.24, 2.45) is 0 Å². The van der Waals surface area contributed by atoms with Crippen LogP contribution >= 0.6 is 0 Å². The van der Waals surface area contributed by atoms with Gasteiger partial charge in [-0.05, 0) is 69.4 Å². The SMILES string of the molecule is CC(=O)O.CC(C)n1cnc(-c2ccc(F)cc2)c1-c1ncc(C(=O)Nc2ccc(N3CCN(C)CC3)cc2)[nH]1. The molecule has 0 unspecified atom stereocenters. The Balaban J connectivity index is 0.000000867. The maximum atomic E-state index is 13.5. The lowest BCUT2D eigenvalue weighted by Gasteiger charge is -2.34. The van der Waals surface area contributed by atoms with Gasteiger partial charge in [-0.25, -0.2) is 14.4 Å². The average molecular weight is 548 g/mol. The van der Waals surface area contributed by atoms with E-state index < -0.39 is 5.97 Å². The molecule has 210 valence electrons. The van der Waals surface area contributed by atoms with Crippen molar-refractivity contribution < 1.29 is 19.1 Å². The van der Waals surface area contributed by atoms with Gasteiger partial charge in [0.25, 0.3) is 11.9 Å². The highest BCUT2D eigenvalue weighted by atomic mass is 19.1. The summed E-state index contributed by atoms with van der Waals surface area (Å²) in [5, 5.41) is 10.4. The summed E-state index contributed by atoms with van der Waals surface area (Å²) in [5.74, 6) is -0.895. The zero-order valence-electron chi connectivity index (χ0n) is 23.1. The number of carboxylic acids is 1. The zero-order chi connectivity index (χ0) is 28.8. The average Bonchev–Trinajstić information content (AvgIpc) is 3.58. The van der Waals surface area contributed by atoms with Crippen LogP contribution in [0.25, 0.3) is 22.8 Å². The van der Waals surface area contributed by atoms with Crippen LogP contribution in [-0.4, -0.2) is 74.6 Å². The van der Waals surface area contributed by atoms with Crippen molar-refractivity contribution in [3.8, 4) is 22.8 Å². The standard InChI is InChI=1S/C27H30FN7O.C2H4O2/c1-18(2)35-17-30-24(19-4-6-20(28)7-5-19)25(35)26-29-16-23(32-26)27(36)31-21-8-10-22(11-9-21)34-14-12-33(3)13-15-34;1-2(3)4/h4-11,16-18H,12-15H2,1-3H3,(H,29,32)(H,31,36);1H3,(H,3,4). The fourth-order valence-electron chi connectivity index (χ4n) is 4.38. The summed E-state index contributed by atoms with van der Waals surface area (Å²) >= 11 is 0. The Bertz CT molecular complexity index is 1430. The van der Waals surface area contributed by atoms with E-state index >= 15 is 0 Å². The molecule has 40 heavy (non-hydrogen) atoms. The number of anilines is 2. The van der Waals surface area contributed by atoms with Crippen LogP contribution in [0, 0.1) is 5.82 Å². The number of benzene rings is 2. The number of rotatable bonds is 6. The minimum absolute atomic E-state index is 0.114. The third-order valence-corrected chi connectivity index (χ3v) is 6.51. The molecule has 3 N–H and O–H groups in total.